The molecule has 0 amide bonds. The molecule has 3 rings (SSSR count). The third-order valence-corrected chi connectivity index (χ3v) is 4.79. The topological polar surface area (TPSA) is 12.0 Å². The molecule has 1 N–H and O–H groups in total. The molecule has 104 valence electrons. The van der Waals surface area contributed by atoms with Crippen molar-refractivity contribution < 1.29 is 4.39 Å². The minimum absolute atomic E-state index is 0.146. The van der Waals surface area contributed by atoms with E-state index in [1.54, 1.807) is 6.07 Å². The predicted octanol–water partition coefficient (Wildman–Crippen LogP) is 4.45. The zero-order valence-corrected chi connectivity index (χ0v) is 12.7. The molecule has 3 heteroatoms. The first-order chi connectivity index (χ1) is 9.75. The molecule has 1 nitrogen and oxygen atoms in total. The van der Waals surface area contributed by atoms with Crippen LogP contribution in [0.3, 0.4) is 0 Å². The SMILES string of the molecule is Fc1cccc(C2CCNCC2c2ccccc2Br)c1. The van der Waals surface area contributed by atoms with Crippen molar-refractivity contribution in [3.63, 3.8) is 0 Å². The Balaban J connectivity index is 1.98. The number of hydrogen-bond donors (Lipinski definition) is 1. The molecule has 2 aromatic carbocycles. The van der Waals surface area contributed by atoms with Crippen molar-refractivity contribution >= 4 is 15.9 Å². The van der Waals surface area contributed by atoms with Crippen LogP contribution in [-0.4, -0.2) is 13.1 Å². The molecule has 0 aromatic heterocycles. The van der Waals surface area contributed by atoms with Gasteiger partial charge in [0.2, 0.25) is 0 Å². The van der Waals surface area contributed by atoms with E-state index in [0.717, 1.165) is 29.5 Å². The third-order valence-electron chi connectivity index (χ3n) is 4.06. The lowest BCUT2D eigenvalue weighted by atomic mass is 9.77. The van der Waals surface area contributed by atoms with Gasteiger partial charge in [-0.25, -0.2) is 4.39 Å². The second kappa shape index (κ2) is 6.06. The number of rotatable bonds is 2. The molecule has 1 heterocycles. The maximum Gasteiger partial charge on any atom is 0.123 e. The Morgan fingerprint density at radius 3 is 2.70 bits per heavy atom. The molecule has 0 bridgehead atoms. The maximum atomic E-state index is 13.5. The zero-order valence-electron chi connectivity index (χ0n) is 11.2. The van der Waals surface area contributed by atoms with Crippen molar-refractivity contribution in [1.29, 1.82) is 0 Å². The number of halogens is 2. The van der Waals surface area contributed by atoms with Crippen molar-refractivity contribution in [3.8, 4) is 0 Å². The summed E-state index contributed by atoms with van der Waals surface area (Å²) < 4.78 is 14.6. The van der Waals surface area contributed by atoms with Gasteiger partial charge in [0.15, 0.2) is 0 Å². The Hall–Kier alpha value is -1.19. The molecule has 0 saturated carbocycles. The first-order valence-corrected chi connectivity index (χ1v) is 7.75. The van der Waals surface area contributed by atoms with Gasteiger partial charge in [-0.2, -0.15) is 0 Å². The van der Waals surface area contributed by atoms with E-state index >= 15 is 0 Å². The van der Waals surface area contributed by atoms with Crippen LogP contribution in [-0.2, 0) is 0 Å². The monoisotopic (exact) mass is 333 g/mol. The second-order valence-electron chi connectivity index (χ2n) is 5.28. The number of benzene rings is 2. The van der Waals surface area contributed by atoms with Gasteiger partial charge in [-0.15, -0.1) is 0 Å². The lowest BCUT2D eigenvalue weighted by molar-refractivity contribution is 0.402. The average molecular weight is 334 g/mol. The first-order valence-electron chi connectivity index (χ1n) is 6.96. The summed E-state index contributed by atoms with van der Waals surface area (Å²) in [5.41, 5.74) is 2.40. The molecule has 2 aromatic rings. The average Bonchev–Trinajstić information content (AvgIpc) is 2.48. The van der Waals surface area contributed by atoms with Crippen LogP contribution >= 0.6 is 15.9 Å². The summed E-state index contributed by atoms with van der Waals surface area (Å²) in [5.74, 6) is 0.596. The molecular weight excluding hydrogens is 317 g/mol. The predicted molar refractivity (Wildman–Crippen MR) is 83.5 cm³/mol. The van der Waals surface area contributed by atoms with E-state index in [1.807, 2.05) is 18.2 Å². The third kappa shape index (κ3) is 2.79. The molecule has 2 atom stereocenters. The number of nitrogens with one attached hydrogen (secondary N) is 1. The van der Waals surface area contributed by atoms with Crippen LogP contribution in [0.5, 0.6) is 0 Å². The highest BCUT2D eigenvalue weighted by Gasteiger charge is 2.28. The highest BCUT2D eigenvalue weighted by molar-refractivity contribution is 9.10. The molecule has 0 radical (unpaired) electrons. The van der Waals surface area contributed by atoms with Gasteiger partial charge in [-0.05, 0) is 48.2 Å². The van der Waals surface area contributed by atoms with Gasteiger partial charge in [0.25, 0.3) is 0 Å². The normalized spacial score (nSPS) is 22.7. The van der Waals surface area contributed by atoms with Crippen molar-refractivity contribution in [2.24, 2.45) is 0 Å². The van der Waals surface area contributed by atoms with E-state index < -0.39 is 0 Å². The molecule has 0 aliphatic carbocycles. The molecule has 20 heavy (non-hydrogen) atoms. The summed E-state index contributed by atoms with van der Waals surface area (Å²) in [6.07, 6.45) is 1.04. The Kier molecular flexibility index (Phi) is 4.18. The van der Waals surface area contributed by atoms with Crippen LogP contribution in [0.25, 0.3) is 0 Å². The fourth-order valence-electron chi connectivity index (χ4n) is 3.10. The van der Waals surface area contributed by atoms with E-state index in [0.29, 0.717) is 11.8 Å². The van der Waals surface area contributed by atoms with Crippen LogP contribution < -0.4 is 5.32 Å². The van der Waals surface area contributed by atoms with Gasteiger partial charge in [0.1, 0.15) is 5.82 Å². The minimum Gasteiger partial charge on any atom is -0.316 e. The summed E-state index contributed by atoms with van der Waals surface area (Å²) in [4.78, 5) is 0. The van der Waals surface area contributed by atoms with Crippen molar-refractivity contribution in [2.45, 2.75) is 18.3 Å². The van der Waals surface area contributed by atoms with Crippen molar-refractivity contribution in [3.05, 3.63) is 69.9 Å². The smallest absolute Gasteiger partial charge is 0.123 e. The lowest BCUT2D eigenvalue weighted by Gasteiger charge is -2.33. The van der Waals surface area contributed by atoms with Crippen LogP contribution in [0.4, 0.5) is 4.39 Å². The molecule has 1 aliphatic heterocycles. The molecular formula is C17H17BrFN. The molecule has 0 spiro atoms. The second-order valence-corrected chi connectivity index (χ2v) is 6.14. The minimum atomic E-state index is -0.146. The first kappa shape index (κ1) is 13.8. The Bertz CT molecular complexity index is 599. The summed E-state index contributed by atoms with van der Waals surface area (Å²) in [6.45, 7) is 1.92. The maximum absolute atomic E-state index is 13.5. The van der Waals surface area contributed by atoms with Gasteiger partial charge in [-0.3, -0.25) is 0 Å². The van der Waals surface area contributed by atoms with E-state index in [-0.39, 0.29) is 5.82 Å². The zero-order chi connectivity index (χ0) is 13.9. The molecule has 1 aliphatic rings. The summed E-state index contributed by atoms with van der Waals surface area (Å²) >= 11 is 3.64. The van der Waals surface area contributed by atoms with Crippen LogP contribution in [0, 0.1) is 5.82 Å². The highest BCUT2D eigenvalue weighted by atomic mass is 79.9. The quantitative estimate of drug-likeness (QED) is 0.856. The molecule has 2 unspecified atom stereocenters. The van der Waals surface area contributed by atoms with E-state index in [1.165, 1.54) is 11.6 Å². The van der Waals surface area contributed by atoms with Gasteiger partial charge in [0.05, 0.1) is 0 Å². The standard InChI is InChI=1S/C17H17BrFN/c18-17-7-2-1-6-15(17)16-11-20-9-8-14(16)12-4-3-5-13(19)10-12/h1-7,10,14,16,20H,8-9,11H2. The van der Waals surface area contributed by atoms with Gasteiger partial charge >= 0.3 is 0 Å². The fourth-order valence-corrected chi connectivity index (χ4v) is 3.68. The largest absolute Gasteiger partial charge is 0.316 e. The van der Waals surface area contributed by atoms with E-state index in [2.05, 4.69) is 39.4 Å². The van der Waals surface area contributed by atoms with Crippen LogP contribution in [0.2, 0.25) is 0 Å². The van der Waals surface area contributed by atoms with Gasteiger partial charge in [-0.1, -0.05) is 46.3 Å². The van der Waals surface area contributed by atoms with Crippen molar-refractivity contribution in [1.82, 2.24) is 5.32 Å². The van der Waals surface area contributed by atoms with Gasteiger partial charge < -0.3 is 5.32 Å². The van der Waals surface area contributed by atoms with Crippen molar-refractivity contribution in [2.75, 3.05) is 13.1 Å². The van der Waals surface area contributed by atoms with Crippen LogP contribution in [0.1, 0.15) is 29.4 Å². The van der Waals surface area contributed by atoms with E-state index in [4.69, 9.17) is 0 Å². The van der Waals surface area contributed by atoms with Crippen LogP contribution in [0.15, 0.2) is 53.0 Å². The fraction of sp³-hybridized carbons (Fsp3) is 0.294. The Labute approximate surface area is 127 Å². The molecule has 1 saturated heterocycles. The highest BCUT2D eigenvalue weighted by Crippen LogP contribution is 2.39. The summed E-state index contributed by atoms with van der Waals surface area (Å²) in [7, 11) is 0. The summed E-state index contributed by atoms with van der Waals surface area (Å²) in [5, 5.41) is 3.46. The Morgan fingerprint density at radius 2 is 1.90 bits per heavy atom. The van der Waals surface area contributed by atoms with Gasteiger partial charge in [0, 0.05) is 16.9 Å². The molecule has 1 fully saturated rings. The number of hydrogen-bond acceptors (Lipinski definition) is 1. The number of piperidine rings is 1. The Morgan fingerprint density at radius 1 is 1.05 bits per heavy atom. The summed E-state index contributed by atoms with van der Waals surface area (Å²) in [6, 6.07) is 15.4. The van der Waals surface area contributed by atoms with E-state index in [9.17, 15) is 4.39 Å². The lowest BCUT2D eigenvalue weighted by Crippen LogP contribution is -2.34.